The Balaban J connectivity index is 1.83. The first-order valence-electron chi connectivity index (χ1n) is 9.93. The molecule has 6 nitrogen and oxygen atoms in total. The van der Waals surface area contributed by atoms with Gasteiger partial charge in [0.1, 0.15) is 12.1 Å². The van der Waals surface area contributed by atoms with E-state index in [2.05, 4.69) is 15.0 Å². The second-order valence-corrected chi connectivity index (χ2v) is 7.91. The molecule has 4 rings (SSSR count). The van der Waals surface area contributed by atoms with Gasteiger partial charge < -0.3 is 9.47 Å². The summed E-state index contributed by atoms with van der Waals surface area (Å²) in [5.74, 6) is 0.960. The van der Waals surface area contributed by atoms with Gasteiger partial charge in [0.05, 0.1) is 46.9 Å². The maximum absolute atomic E-state index is 11.2. The molecule has 0 amide bonds. The summed E-state index contributed by atoms with van der Waals surface area (Å²) in [6.07, 6.45) is 2.15. The average Bonchev–Trinajstić information content (AvgIpc) is 2.84. The summed E-state index contributed by atoms with van der Waals surface area (Å²) < 4.78 is 10.7. The van der Waals surface area contributed by atoms with Crippen molar-refractivity contribution in [1.82, 2.24) is 15.0 Å². The van der Waals surface area contributed by atoms with Crippen molar-refractivity contribution in [3.63, 3.8) is 0 Å². The Bertz CT molecular complexity index is 1360. The minimum Gasteiger partial charge on any atom is -0.496 e. The lowest BCUT2D eigenvalue weighted by Gasteiger charge is -2.13. The van der Waals surface area contributed by atoms with Crippen LogP contribution in [-0.2, 0) is 0 Å². The minimum atomic E-state index is 0.326. The van der Waals surface area contributed by atoms with E-state index in [1.54, 1.807) is 25.3 Å². The minimum absolute atomic E-state index is 0.326. The van der Waals surface area contributed by atoms with Gasteiger partial charge in [0.15, 0.2) is 6.29 Å². The van der Waals surface area contributed by atoms with Crippen LogP contribution >= 0.6 is 23.2 Å². The predicted octanol–water partition coefficient (Wildman–Crippen LogP) is 6.32. The number of nitrogens with zero attached hydrogens (tertiary/aromatic N) is 3. The number of halogens is 2. The summed E-state index contributed by atoms with van der Waals surface area (Å²) in [6, 6.07) is 14.5. The van der Waals surface area contributed by atoms with E-state index in [0.717, 1.165) is 17.4 Å². The standard InChI is InChI=1S/C25H19Cl2N3O3/c1-14-7-10-19(30-25(14)33-3)17-5-4-6-18(21(17)26)24-22(27)23(28-13-29-24)15-8-9-16(12-31)20(11-15)32-2/h4-13H,1-3H3. The Morgan fingerprint density at radius 2 is 1.64 bits per heavy atom. The van der Waals surface area contributed by atoms with Gasteiger partial charge in [-0.2, -0.15) is 0 Å². The molecule has 0 aliphatic rings. The monoisotopic (exact) mass is 479 g/mol. The fourth-order valence-electron chi connectivity index (χ4n) is 3.49. The number of ether oxygens (including phenoxy) is 2. The summed E-state index contributed by atoms with van der Waals surface area (Å²) >= 11 is 13.6. The molecular weight excluding hydrogens is 461 g/mol. The van der Waals surface area contributed by atoms with Crippen molar-refractivity contribution < 1.29 is 14.3 Å². The molecule has 4 aromatic rings. The van der Waals surface area contributed by atoms with E-state index in [4.69, 9.17) is 32.7 Å². The summed E-state index contributed by atoms with van der Waals surface area (Å²) in [5, 5.41) is 0.781. The van der Waals surface area contributed by atoms with Gasteiger partial charge >= 0.3 is 0 Å². The fraction of sp³-hybridized carbons (Fsp3) is 0.120. The molecule has 0 spiro atoms. The molecule has 0 aliphatic heterocycles. The molecule has 0 aliphatic carbocycles. The number of methoxy groups -OCH3 is 2. The Hall–Kier alpha value is -3.48. The largest absolute Gasteiger partial charge is 0.496 e. The van der Waals surface area contributed by atoms with E-state index >= 15 is 0 Å². The summed E-state index contributed by atoms with van der Waals surface area (Å²) in [4.78, 5) is 24.5. The number of rotatable bonds is 6. The Labute approximate surface area is 201 Å². The highest BCUT2D eigenvalue weighted by Crippen LogP contribution is 2.41. The third-order valence-corrected chi connectivity index (χ3v) is 5.96. The Morgan fingerprint density at radius 1 is 0.879 bits per heavy atom. The lowest BCUT2D eigenvalue weighted by Crippen LogP contribution is -1.97. The molecule has 2 aromatic carbocycles. The van der Waals surface area contributed by atoms with E-state index in [1.807, 2.05) is 37.3 Å². The van der Waals surface area contributed by atoms with Crippen molar-refractivity contribution in [2.24, 2.45) is 0 Å². The van der Waals surface area contributed by atoms with Gasteiger partial charge in [-0.1, -0.05) is 53.5 Å². The smallest absolute Gasteiger partial charge is 0.216 e. The van der Waals surface area contributed by atoms with Gasteiger partial charge in [-0.3, -0.25) is 4.79 Å². The van der Waals surface area contributed by atoms with E-state index in [9.17, 15) is 4.79 Å². The van der Waals surface area contributed by atoms with Crippen LogP contribution in [0.4, 0.5) is 0 Å². The lowest BCUT2D eigenvalue weighted by atomic mass is 10.0. The fourth-order valence-corrected chi connectivity index (χ4v) is 4.11. The maximum atomic E-state index is 11.2. The molecule has 0 bridgehead atoms. The third kappa shape index (κ3) is 4.27. The summed E-state index contributed by atoms with van der Waals surface area (Å²) in [5.41, 5.74) is 5.05. The number of aryl methyl sites for hydroxylation is 1. The first kappa shape index (κ1) is 22.7. The molecule has 166 valence electrons. The second kappa shape index (κ2) is 9.57. The van der Waals surface area contributed by atoms with E-state index in [0.29, 0.717) is 55.4 Å². The molecule has 0 N–H and O–H groups in total. The van der Waals surface area contributed by atoms with Crippen LogP contribution in [0.5, 0.6) is 11.6 Å². The highest BCUT2D eigenvalue weighted by molar-refractivity contribution is 6.38. The number of benzene rings is 2. The molecule has 0 radical (unpaired) electrons. The first-order valence-corrected chi connectivity index (χ1v) is 10.7. The van der Waals surface area contributed by atoms with E-state index in [1.165, 1.54) is 13.4 Å². The maximum Gasteiger partial charge on any atom is 0.216 e. The van der Waals surface area contributed by atoms with Crippen LogP contribution in [0.15, 0.2) is 54.9 Å². The molecule has 0 fully saturated rings. The number of hydrogen-bond acceptors (Lipinski definition) is 6. The zero-order valence-electron chi connectivity index (χ0n) is 18.1. The normalized spacial score (nSPS) is 10.7. The van der Waals surface area contributed by atoms with Crippen molar-refractivity contribution in [2.45, 2.75) is 6.92 Å². The molecule has 2 heterocycles. The molecule has 2 aromatic heterocycles. The van der Waals surface area contributed by atoms with Gasteiger partial charge in [-0.05, 0) is 25.1 Å². The molecule has 0 unspecified atom stereocenters. The quantitative estimate of drug-likeness (QED) is 0.301. The molecular formula is C25H19Cl2N3O3. The highest BCUT2D eigenvalue weighted by atomic mass is 35.5. The molecule has 0 saturated carbocycles. The zero-order valence-corrected chi connectivity index (χ0v) is 19.6. The van der Waals surface area contributed by atoms with Gasteiger partial charge in [-0.25, -0.2) is 15.0 Å². The average molecular weight is 480 g/mol. The zero-order chi connectivity index (χ0) is 23.5. The summed E-state index contributed by atoms with van der Waals surface area (Å²) in [6.45, 7) is 1.92. The van der Waals surface area contributed by atoms with Crippen molar-refractivity contribution >= 4 is 29.5 Å². The Kier molecular flexibility index (Phi) is 6.58. The van der Waals surface area contributed by atoms with Gasteiger partial charge in [0.25, 0.3) is 0 Å². The molecule has 0 atom stereocenters. The Morgan fingerprint density at radius 3 is 2.36 bits per heavy atom. The van der Waals surface area contributed by atoms with Crippen LogP contribution < -0.4 is 9.47 Å². The van der Waals surface area contributed by atoms with Gasteiger partial charge in [0.2, 0.25) is 5.88 Å². The van der Waals surface area contributed by atoms with Crippen molar-refractivity contribution in [3.05, 3.63) is 76.0 Å². The van der Waals surface area contributed by atoms with Crippen molar-refractivity contribution in [1.29, 1.82) is 0 Å². The van der Waals surface area contributed by atoms with Crippen LogP contribution in [0.1, 0.15) is 15.9 Å². The van der Waals surface area contributed by atoms with Crippen LogP contribution in [0.2, 0.25) is 10.0 Å². The SMILES string of the molecule is COc1cc(-c2ncnc(-c3cccc(-c4ccc(C)c(OC)n4)c3Cl)c2Cl)ccc1C=O. The third-order valence-electron chi connectivity index (χ3n) is 5.20. The predicted molar refractivity (Wildman–Crippen MR) is 129 cm³/mol. The number of aromatic nitrogens is 3. The number of aldehydes is 1. The lowest BCUT2D eigenvalue weighted by molar-refractivity contribution is 0.112. The summed E-state index contributed by atoms with van der Waals surface area (Å²) in [7, 11) is 3.08. The molecule has 33 heavy (non-hydrogen) atoms. The first-order chi connectivity index (χ1) is 16.0. The van der Waals surface area contributed by atoms with Gasteiger partial charge in [0, 0.05) is 22.3 Å². The van der Waals surface area contributed by atoms with E-state index in [-0.39, 0.29) is 0 Å². The second-order valence-electron chi connectivity index (χ2n) is 7.15. The topological polar surface area (TPSA) is 74.2 Å². The number of pyridine rings is 1. The highest BCUT2D eigenvalue weighted by Gasteiger charge is 2.19. The van der Waals surface area contributed by atoms with Crippen LogP contribution in [0.3, 0.4) is 0 Å². The van der Waals surface area contributed by atoms with Crippen molar-refractivity contribution in [2.75, 3.05) is 14.2 Å². The van der Waals surface area contributed by atoms with Crippen LogP contribution in [0, 0.1) is 6.92 Å². The molecule has 0 saturated heterocycles. The van der Waals surface area contributed by atoms with Crippen LogP contribution in [-0.4, -0.2) is 35.5 Å². The number of carbonyl (C=O) groups is 1. The molecule has 8 heteroatoms. The van der Waals surface area contributed by atoms with Crippen LogP contribution in [0.25, 0.3) is 33.8 Å². The van der Waals surface area contributed by atoms with E-state index < -0.39 is 0 Å². The van der Waals surface area contributed by atoms with Crippen molar-refractivity contribution in [3.8, 4) is 45.4 Å². The number of carbonyl (C=O) groups excluding carboxylic acids is 1. The number of hydrogen-bond donors (Lipinski definition) is 0. The van der Waals surface area contributed by atoms with Gasteiger partial charge in [-0.15, -0.1) is 0 Å².